The van der Waals surface area contributed by atoms with Gasteiger partial charge < -0.3 is 20.1 Å². The van der Waals surface area contributed by atoms with Gasteiger partial charge in [-0.1, -0.05) is 12.1 Å². The minimum absolute atomic E-state index is 0.0420. The van der Waals surface area contributed by atoms with Gasteiger partial charge in [0.25, 0.3) is 0 Å². The third kappa shape index (κ3) is 3.52. The number of carbonyl (C=O) groups is 2. The molecule has 1 saturated heterocycles. The minimum Gasteiger partial charge on any atom is -0.478 e. The van der Waals surface area contributed by atoms with Crippen LogP contribution in [0.2, 0.25) is 0 Å². The first-order chi connectivity index (χ1) is 10.0. The van der Waals surface area contributed by atoms with Crippen molar-refractivity contribution in [3.05, 3.63) is 29.3 Å². The smallest absolute Gasteiger partial charge is 0.337 e. The number of urea groups is 1. The highest BCUT2D eigenvalue weighted by atomic mass is 16.5. The minimum atomic E-state index is -1.05. The summed E-state index contributed by atoms with van der Waals surface area (Å²) in [7, 11) is 1.63. The Hall–Kier alpha value is -2.08. The number of benzene rings is 1. The van der Waals surface area contributed by atoms with Crippen molar-refractivity contribution in [2.24, 2.45) is 0 Å². The van der Waals surface area contributed by atoms with Crippen LogP contribution in [0.3, 0.4) is 0 Å². The molecule has 6 heteroatoms. The number of hydrogen-bond donors (Lipinski definition) is 2. The molecule has 0 bridgehead atoms. The van der Waals surface area contributed by atoms with Crippen LogP contribution in [0.1, 0.15) is 28.8 Å². The second-order valence-corrected chi connectivity index (χ2v) is 5.18. The number of methoxy groups -OCH3 is 1. The zero-order chi connectivity index (χ0) is 15.4. The molecule has 2 N–H and O–H groups in total. The fourth-order valence-corrected chi connectivity index (χ4v) is 2.51. The van der Waals surface area contributed by atoms with E-state index in [0.717, 1.165) is 18.4 Å². The van der Waals surface area contributed by atoms with Crippen LogP contribution in [0.15, 0.2) is 18.2 Å². The molecule has 21 heavy (non-hydrogen) atoms. The summed E-state index contributed by atoms with van der Waals surface area (Å²) in [5, 5.41) is 11.9. The van der Waals surface area contributed by atoms with E-state index in [1.165, 1.54) is 6.07 Å². The van der Waals surface area contributed by atoms with Crippen molar-refractivity contribution in [2.45, 2.75) is 25.9 Å². The number of nitrogens with zero attached hydrogens (tertiary/aromatic N) is 1. The van der Waals surface area contributed by atoms with Gasteiger partial charge in [-0.3, -0.25) is 0 Å². The highest BCUT2D eigenvalue weighted by Gasteiger charge is 2.24. The van der Waals surface area contributed by atoms with E-state index in [0.29, 0.717) is 18.8 Å². The number of rotatable bonds is 3. The number of aryl methyl sites for hydroxylation is 1. The van der Waals surface area contributed by atoms with E-state index in [2.05, 4.69) is 5.32 Å². The van der Waals surface area contributed by atoms with E-state index in [4.69, 9.17) is 4.74 Å². The maximum absolute atomic E-state index is 12.3. The zero-order valence-corrected chi connectivity index (χ0v) is 12.3. The van der Waals surface area contributed by atoms with Gasteiger partial charge in [0.15, 0.2) is 0 Å². The third-order valence-corrected chi connectivity index (χ3v) is 3.73. The number of amides is 2. The zero-order valence-electron chi connectivity index (χ0n) is 12.3. The number of carboxylic acid groups (broad SMARTS) is 1. The Morgan fingerprint density at radius 2 is 2.19 bits per heavy atom. The van der Waals surface area contributed by atoms with Gasteiger partial charge in [0.1, 0.15) is 0 Å². The Morgan fingerprint density at radius 1 is 1.43 bits per heavy atom. The summed E-state index contributed by atoms with van der Waals surface area (Å²) in [5.41, 5.74) is 1.18. The maximum atomic E-state index is 12.3. The molecule has 1 aliphatic heterocycles. The summed E-state index contributed by atoms with van der Waals surface area (Å²) in [6.45, 7) is 2.95. The first kappa shape index (κ1) is 15.3. The number of aromatic carboxylic acids is 1. The number of hydrogen-bond acceptors (Lipinski definition) is 3. The molecular formula is C15H20N2O4. The predicted molar refractivity (Wildman–Crippen MR) is 78.8 cm³/mol. The van der Waals surface area contributed by atoms with Crippen molar-refractivity contribution in [3.8, 4) is 0 Å². The van der Waals surface area contributed by atoms with Gasteiger partial charge in [-0.05, 0) is 31.4 Å². The number of anilines is 1. The van der Waals surface area contributed by atoms with E-state index in [-0.39, 0.29) is 17.7 Å². The van der Waals surface area contributed by atoms with E-state index in [1.54, 1.807) is 31.1 Å². The van der Waals surface area contributed by atoms with E-state index < -0.39 is 5.97 Å². The van der Waals surface area contributed by atoms with Gasteiger partial charge in [-0.15, -0.1) is 0 Å². The summed E-state index contributed by atoms with van der Waals surface area (Å²) in [6, 6.07) is 4.64. The van der Waals surface area contributed by atoms with Crippen molar-refractivity contribution in [1.82, 2.24) is 4.90 Å². The average molecular weight is 292 g/mol. The molecule has 114 valence electrons. The van der Waals surface area contributed by atoms with Crippen molar-refractivity contribution < 1.29 is 19.4 Å². The molecule has 2 amide bonds. The Kier molecular flexibility index (Phi) is 4.80. The molecule has 0 radical (unpaired) electrons. The molecule has 0 aromatic heterocycles. The molecule has 1 fully saturated rings. The Labute approximate surface area is 123 Å². The van der Waals surface area contributed by atoms with Crippen LogP contribution in [0.4, 0.5) is 10.5 Å². The van der Waals surface area contributed by atoms with Gasteiger partial charge in [0.2, 0.25) is 0 Å². The topological polar surface area (TPSA) is 78.9 Å². The number of ether oxygens (including phenoxy) is 1. The highest BCUT2D eigenvalue weighted by molar-refractivity contribution is 6.01. The van der Waals surface area contributed by atoms with Gasteiger partial charge >= 0.3 is 12.0 Å². The van der Waals surface area contributed by atoms with Crippen molar-refractivity contribution in [1.29, 1.82) is 0 Å². The number of carboxylic acids is 1. The highest BCUT2D eigenvalue weighted by Crippen LogP contribution is 2.22. The van der Waals surface area contributed by atoms with Crippen molar-refractivity contribution in [3.63, 3.8) is 0 Å². The monoisotopic (exact) mass is 292 g/mol. The maximum Gasteiger partial charge on any atom is 0.337 e. The molecular weight excluding hydrogens is 272 g/mol. The molecule has 1 aromatic rings. The largest absolute Gasteiger partial charge is 0.478 e. The second kappa shape index (κ2) is 6.58. The quantitative estimate of drug-likeness (QED) is 0.896. The summed E-state index contributed by atoms with van der Waals surface area (Å²) >= 11 is 0. The van der Waals surface area contributed by atoms with Gasteiger partial charge in [0, 0.05) is 20.2 Å². The lowest BCUT2D eigenvalue weighted by Gasteiger charge is -2.32. The molecule has 1 atom stereocenters. The van der Waals surface area contributed by atoms with Crippen LogP contribution in [0, 0.1) is 6.92 Å². The van der Waals surface area contributed by atoms with Crippen LogP contribution in [0.5, 0.6) is 0 Å². The Bertz CT molecular complexity index is 544. The summed E-state index contributed by atoms with van der Waals surface area (Å²) in [4.78, 5) is 25.2. The van der Waals surface area contributed by atoms with E-state index in [1.807, 2.05) is 0 Å². The predicted octanol–water partition coefficient (Wildman–Crippen LogP) is 2.34. The average Bonchev–Trinajstić information content (AvgIpc) is 2.49. The third-order valence-electron chi connectivity index (χ3n) is 3.73. The molecule has 0 aliphatic carbocycles. The molecule has 1 unspecified atom stereocenters. The lowest BCUT2D eigenvalue weighted by Crippen LogP contribution is -2.45. The standard InChI is InChI=1S/C15H20N2O4/c1-10-5-3-7-12(14(18)19)13(10)16-15(20)17-8-4-6-11(9-17)21-2/h3,5,7,11H,4,6,8-9H2,1-2H3,(H,16,20)(H,18,19). The molecule has 1 aromatic carbocycles. The Balaban J connectivity index is 2.14. The van der Waals surface area contributed by atoms with Crippen molar-refractivity contribution in [2.75, 3.05) is 25.5 Å². The molecule has 2 rings (SSSR count). The SMILES string of the molecule is COC1CCCN(C(=O)Nc2c(C)cccc2C(=O)O)C1. The summed E-state index contributed by atoms with van der Waals surface area (Å²) in [6.07, 6.45) is 1.86. The van der Waals surface area contributed by atoms with Crippen LogP contribution in [-0.4, -0.2) is 48.3 Å². The molecule has 1 heterocycles. The first-order valence-corrected chi connectivity index (χ1v) is 6.94. The first-order valence-electron chi connectivity index (χ1n) is 6.94. The lowest BCUT2D eigenvalue weighted by molar-refractivity contribution is 0.0458. The van der Waals surface area contributed by atoms with Crippen LogP contribution in [-0.2, 0) is 4.74 Å². The van der Waals surface area contributed by atoms with Gasteiger partial charge in [-0.25, -0.2) is 9.59 Å². The molecule has 1 aliphatic rings. The van der Waals surface area contributed by atoms with Gasteiger partial charge in [0.05, 0.1) is 17.4 Å². The Morgan fingerprint density at radius 3 is 2.86 bits per heavy atom. The summed E-state index contributed by atoms with van der Waals surface area (Å²) < 4.78 is 5.29. The number of likely N-dealkylation sites (tertiary alicyclic amines) is 1. The molecule has 0 spiro atoms. The van der Waals surface area contributed by atoms with Crippen LogP contribution in [0.25, 0.3) is 0 Å². The van der Waals surface area contributed by atoms with Crippen molar-refractivity contribution >= 4 is 17.7 Å². The van der Waals surface area contributed by atoms with E-state index in [9.17, 15) is 14.7 Å². The van der Waals surface area contributed by atoms with E-state index >= 15 is 0 Å². The number of nitrogens with one attached hydrogen (secondary N) is 1. The number of piperidine rings is 1. The number of para-hydroxylation sites is 1. The fraction of sp³-hybridized carbons (Fsp3) is 0.467. The lowest BCUT2D eigenvalue weighted by atomic mass is 10.1. The van der Waals surface area contributed by atoms with Crippen LogP contribution < -0.4 is 5.32 Å². The second-order valence-electron chi connectivity index (χ2n) is 5.18. The molecule has 0 saturated carbocycles. The van der Waals surface area contributed by atoms with Gasteiger partial charge in [-0.2, -0.15) is 0 Å². The molecule has 6 nitrogen and oxygen atoms in total. The normalized spacial score (nSPS) is 18.4. The fourth-order valence-electron chi connectivity index (χ4n) is 2.51. The summed E-state index contributed by atoms with van der Waals surface area (Å²) in [5.74, 6) is -1.05. The number of carbonyl (C=O) groups excluding carboxylic acids is 1. The van der Waals surface area contributed by atoms with Crippen LogP contribution >= 0.6 is 0 Å².